The van der Waals surface area contributed by atoms with Gasteiger partial charge in [-0.25, -0.2) is 0 Å². The molecule has 1 N–H and O–H groups in total. The summed E-state index contributed by atoms with van der Waals surface area (Å²) in [4.78, 5) is 0. The normalized spacial score (nSPS) is 10.6. The number of thioether (sulfide) groups is 1. The Hall–Kier alpha value is -2.32. The monoisotopic (exact) mass is 427 g/mol. The zero-order valence-corrected chi connectivity index (χ0v) is 15.8. The molecule has 0 fully saturated rings. The second-order valence-corrected chi connectivity index (χ2v) is 6.98. The molecule has 0 bridgehead atoms. The van der Waals surface area contributed by atoms with Gasteiger partial charge in [-0.3, -0.25) is 0 Å². The van der Waals surface area contributed by atoms with Crippen LogP contribution in [-0.2, 0) is 11.9 Å². The molecular weight excluding hydrogens is 418 g/mol. The molecule has 0 aliphatic carbocycles. The predicted octanol–water partition coefficient (Wildman–Crippen LogP) is 6.62. The van der Waals surface area contributed by atoms with Crippen LogP contribution in [0.5, 0.6) is 0 Å². The van der Waals surface area contributed by atoms with E-state index in [0.717, 1.165) is 23.9 Å². The van der Waals surface area contributed by atoms with Crippen molar-refractivity contribution in [1.29, 1.82) is 10.5 Å². The predicted molar refractivity (Wildman–Crippen MR) is 101 cm³/mol. The molecule has 0 spiro atoms. The Balaban J connectivity index is 2.28. The summed E-state index contributed by atoms with van der Waals surface area (Å²) in [5.41, 5.74) is -0.280. The van der Waals surface area contributed by atoms with E-state index in [-0.39, 0.29) is 22.0 Å². The fraction of sp³-hybridized carbons (Fsp3) is 0.111. The van der Waals surface area contributed by atoms with Crippen molar-refractivity contribution in [3.05, 3.63) is 74.2 Å². The Morgan fingerprint density at radius 1 is 1.07 bits per heavy atom. The fourth-order valence-corrected chi connectivity index (χ4v) is 3.52. The zero-order chi connectivity index (χ0) is 20.0. The van der Waals surface area contributed by atoms with Crippen molar-refractivity contribution in [3.8, 4) is 12.1 Å². The highest BCUT2D eigenvalue weighted by molar-refractivity contribution is 8.02. The van der Waals surface area contributed by atoms with Crippen molar-refractivity contribution < 1.29 is 13.2 Å². The summed E-state index contributed by atoms with van der Waals surface area (Å²) in [6, 6.07) is 12.9. The number of rotatable bonds is 5. The Labute approximate surface area is 168 Å². The number of allylic oxidation sites excluding steroid dienone is 1. The van der Waals surface area contributed by atoms with Crippen molar-refractivity contribution in [3.63, 3.8) is 0 Å². The number of hydrogen-bond donors (Lipinski definition) is 1. The highest BCUT2D eigenvalue weighted by atomic mass is 35.5. The fourth-order valence-electron chi connectivity index (χ4n) is 1.99. The summed E-state index contributed by atoms with van der Waals surface area (Å²) in [5, 5.41) is 22.0. The molecule has 0 atom stereocenters. The number of nitrogens with one attached hydrogen (secondary N) is 1. The van der Waals surface area contributed by atoms with Crippen molar-refractivity contribution in [2.45, 2.75) is 11.9 Å². The quantitative estimate of drug-likeness (QED) is 0.544. The summed E-state index contributed by atoms with van der Waals surface area (Å²) in [7, 11) is 0. The van der Waals surface area contributed by atoms with Crippen LogP contribution in [-0.4, -0.2) is 0 Å². The molecule has 2 rings (SSSR count). The van der Waals surface area contributed by atoms with Crippen LogP contribution in [0.2, 0.25) is 10.0 Å². The van der Waals surface area contributed by atoms with Gasteiger partial charge in [0.05, 0.1) is 5.56 Å². The second-order valence-electron chi connectivity index (χ2n) is 5.16. The zero-order valence-electron chi connectivity index (χ0n) is 13.4. The molecule has 0 saturated carbocycles. The minimum Gasteiger partial charge on any atom is -0.349 e. The third-order valence-electron chi connectivity index (χ3n) is 3.29. The Morgan fingerprint density at radius 3 is 2.37 bits per heavy atom. The highest BCUT2D eigenvalue weighted by Gasteiger charge is 2.30. The van der Waals surface area contributed by atoms with Gasteiger partial charge >= 0.3 is 6.18 Å². The average Bonchev–Trinajstić information content (AvgIpc) is 2.61. The van der Waals surface area contributed by atoms with Gasteiger partial charge in [-0.05, 0) is 35.9 Å². The lowest BCUT2D eigenvalue weighted by Gasteiger charge is -2.13. The number of hydrogen-bond acceptors (Lipinski definition) is 4. The van der Waals surface area contributed by atoms with E-state index in [9.17, 15) is 13.2 Å². The number of anilines is 1. The first-order valence-electron chi connectivity index (χ1n) is 7.30. The topological polar surface area (TPSA) is 59.6 Å². The van der Waals surface area contributed by atoms with Crippen LogP contribution in [0.25, 0.3) is 0 Å². The van der Waals surface area contributed by atoms with Crippen molar-refractivity contribution in [2.24, 2.45) is 0 Å². The standard InChI is InChI=1S/C18H10Cl2F3N3S/c19-14-5-4-11(16(20)7-14)10-27-17(12(8-24)9-25)26-15-3-1-2-13(6-15)18(21,22)23/h1-7,26H,10H2. The molecule has 0 aromatic heterocycles. The molecule has 0 saturated heterocycles. The minimum absolute atomic E-state index is 0.109. The highest BCUT2D eigenvalue weighted by Crippen LogP contribution is 2.33. The molecule has 0 heterocycles. The summed E-state index contributed by atoms with van der Waals surface area (Å²) in [6.07, 6.45) is -4.50. The van der Waals surface area contributed by atoms with E-state index < -0.39 is 11.7 Å². The third kappa shape index (κ3) is 5.83. The molecule has 27 heavy (non-hydrogen) atoms. The maximum Gasteiger partial charge on any atom is 0.416 e. The molecule has 2 aromatic carbocycles. The lowest BCUT2D eigenvalue weighted by molar-refractivity contribution is -0.137. The van der Waals surface area contributed by atoms with Gasteiger partial charge in [-0.2, -0.15) is 23.7 Å². The molecule has 0 aliphatic heterocycles. The van der Waals surface area contributed by atoms with Crippen LogP contribution in [0.4, 0.5) is 18.9 Å². The Bertz CT molecular complexity index is 944. The first-order chi connectivity index (χ1) is 12.7. The average molecular weight is 428 g/mol. The van der Waals surface area contributed by atoms with E-state index in [4.69, 9.17) is 33.7 Å². The summed E-state index contributed by atoms with van der Waals surface area (Å²) in [6.45, 7) is 0. The molecule has 0 unspecified atom stereocenters. The molecule has 2 aromatic rings. The molecule has 0 aliphatic rings. The number of benzene rings is 2. The number of nitriles is 2. The molecule has 0 amide bonds. The number of alkyl halides is 3. The van der Waals surface area contributed by atoms with E-state index in [2.05, 4.69) is 5.32 Å². The van der Waals surface area contributed by atoms with Crippen LogP contribution in [0.15, 0.2) is 53.1 Å². The van der Waals surface area contributed by atoms with E-state index in [0.29, 0.717) is 15.6 Å². The molecule has 138 valence electrons. The summed E-state index contributed by atoms with van der Waals surface area (Å²) >= 11 is 13.0. The van der Waals surface area contributed by atoms with Crippen LogP contribution in [0.3, 0.4) is 0 Å². The second kappa shape index (κ2) is 9.05. The van der Waals surface area contributed by atoms with Gasteiger partial charge in [0.25, 0.3) is 0 Å². The first kappa shape index (κ1) is 21.0. The van der Waals surface area contributed by atoms with E-state index >= 15 is 0 Å². The number of halogens is 5. The lowest BCUT2D eigenvalue weighted by atomic mass is 10.2. The molecular formula is C18H10Cl2F3N3S. The van der Waals surface area contributed by atoms with Gasteiger partial charge in [-0.1, -0.05) is 35.3 Å². The van der Waals surface area contributed by atoms with Crippen molar-refractivity contribution in [1.82, 2.24) is 0 Å². The Morgan fingerprint density at radius 2 is 1.78 bits per heavy atom. The maximum atomic E-state index is 12.9. The van der Waals surface area contributed by atoms with E-state index in [1.54, 1.807) is 30.3 Å². The van der Waals surface area contributed by atoms with E-state index in [1.165, 1.54) is 12.1 Å². The lowest BCUT2D eigenvalue weighted by Crippen LogP contribution is -2.06. The number of nitrogens with zero attached hydrogens (tertiary/aromatic N) is 2. The van der Waals surface area contributed by atoms with Crippen molar-refractivity contribution in [2.75, 3.05) is 5.32 Å². The van der Waals surface area contributed by atoms with Gasteiger partial charge in [0, 0.05) is 21.5 Å². The van der Waals surface area contributed by atoms with Crippen LogP contribution >= 0.6 is 35.0 Å². The van der Waals surface area contributed by atoms with Gasteiger partial charge in [0.1, 0.15) is 17.2 Å². The van der Waals surface area contributed by atoms with Gasteiger partial charge < -0.3 is 5.32 Å². The summed E-state index contributed by atoms with van der Waals surface area (Å²) in [5.74, 6) is 0.282. The first-order valence-corrected chi connectivity index (χ1v) is 9.04. The smallest absolute Gasteiger partial charge is 0.349 e. The van der Waals surface area contributed by atoms with Crippen molar-refractivity contribution >= 4 is 40.7 Å². The summed E-state index contributed by atoms with van der Waals surface area (Å²) < 4.78 is 38.6. The minimum atomic E-state index is -4.50. The SMILES string of the molecule is N#CC(C#N)=C(Nc1cccc(C(F)(F)F)c1)SCc1ccc(Cl)cc1Cl. The molecule has 0 radical (unpaired) electrons. The maximum absolute atomic E-state index is 12.9. The van der Waals surface area contributed by atoms with Crippen LogP contribution in [0, 0.1) is 22.7 Å². The van der Waals surface area contributed by atoms with Crippen LogP contribution < -0.4 is 5.32 Å². The largest absolute Gasteiger partial charge is 0.416 e. The van der Waals surface area contributed by atoms with Gasteiger partial charge in [0.15, 0.2) is 5.57 Å². The van der Waals surface area contributed by atoms with Gasteiger partial charge in [0.2, 0.25) is 0 Å². The van der Waals surface area contributed by atoms with E-state index in [1.807, 2.05) is 0 Å². The van der Waals surface area contributed by atoms with Gasteiger partial charge in [-0.15, -0.1) is 11.8 Å². The van der Waals surface area contributed by atoms with Crippen LogP contribution in [0.1, 0.15) is 11.1 Å². The molecule has 9 heteroatoms. The molecule has 3 nitrogen and oxygen atoms in total. The third-order valence-corrected chi connectivity index (χ3v) is 4.92. The Kier molecular flexibility index (Phi) is 7.04.